The van der Waals surface area contributed by atoms with E-state index in [1.807, 2.05) is 0 Å². The van der Waals surface area contributed by atoms with E-state index in [1.54, 1.807) is 12.0 Å². The first-order valence-electron chi connectivity index (χ1n) is 4.83. The quantitative estimate of drug-likeness (QED) is 0.711. The van der Waals surface area contributed by atoms with Crippen LogP contribution < -0.4 is 5.73 Å². The standard InChI is InChI=1S/C9H14N4O2/c1-15-6-2-3-13(5-6)9(14)8-7(10)4-11-12-8/h4,6H,2-3,5,10H2,1H3,(H,11,12). The van der Waals surface area contributed by atoms with Crippen molar-refractivity contribution < 1.29 is 9.53 Å². The third-order valence-corrected chi connectivity index (χ3v) is 2.65. The fourth-order valence-electron chi connectivity index (χ4n) is 1.73. The average molecular weight is 210 g/mol. The number of anilines is 1. The largest absolute Gasteiger partial charge is 0.396 e. The van der Waals surface area contributed by atoms with Crippen LogP contribution in [0.3, 0.4) is 0 Å². The first-order valence-corrected chi connectivity index (χ1v) is 4.83. The Bertz CT molecular complexity index is 363. The number of nitrogens with one attached hydrogen (secondary N) is 1. The lowest BCUT2D eigenvalue weighted by molar-refractivity contribution is 0.0720. The van der Waals surface area contributed by atoms with Gasteiger partial charge in [0.15, 0.2) is 0 Å². The number of hydrogen-bond acceptors (Lipinski definition) is 4. The molecule has 15 heavy (non-hydrogen) atoms. The Kier molecular flexibility index (Phi) is 2.59. The van der Waals surface area contributed by atoms with Crippen molar-refractivity contribution in [2.75, 3.05) is 25.9 Å². The highest BCUT2D eigenvalue weighted by atomic mass is 16.5. The predicted octanol–water partition coefficient (Wildman–Crippen LogP) is -0.147. The zero-order chi connectivity index (χ0) is 10.8. The lowest BCUT2D eigenvalue weighted by Gasteiger charge is -2.15. The van der Waals surface area contributed by atoms with Crippen molar-refractivity contribution in [3.05, 3.63) is 11.9 Å². The number of likely N-dealkylation sites (tertiary alicyclic amines) is 1. The van der Waals surface area contributed by atoms with Gasteiger partial charge in [0.2, 0.25) is 0 Å². The Morgan fingerprint density at radius 3 is 3.13 bits per heavy atom. The highest BCUT2D eigenvalue weighted by Gasteiger charge is 2.28. The second kappa shape index (κ2) is 3.90. The number of carbonyl (C=O) groups is 1. The molecule has 2 heterocycles. The van der Waals surface area contributed by atoms with Gasteiger partial charge >= 0.3 is 0 Å². The van der Waals surface area contributed by atoms with Crippen LogP contribution in [0.2, 0.25) is 0 Å². The fourth-order valence-corrected chi connectivity index (χ4v) is 1.73. The van der Waals surface area contributed by atoms with Crippen LogP contribution in [-0.4, -0.2) is 47.3 Å². The number of rotatable bonds is 2. The molecule has 0 spiro atoms. The summed E-state index contributed by atoms with van der Waals surface area (Å²) in [5, 5.41) is 6.33. The van der Waals surface area contributed by atoms with Crippen LogP contribution in [0.5, 0.6) is 0 Å². The summed E-state index contributed by atoms with van der Waals surface area (Å²) in [4.78, 5) is 13.6. The van der Waals surface area contributed by atoms with Crippen molar-refractivity contribution in [2.45, 2.75) is 12.5 Å². The second-order valence-electron chi connectivity index (χ2n) is 3.60. The van der Waals surface area contributed by atoms with Crippen LogP contribution in [0.4, 0.5) is 5.69 Å². The molecule has 0 radical (unpaired) electrons. The number of nitrogens with two attached hydrogens (primary N) is 1. The van der Waals surface area contributed by atoms with Crippen LogP contribution in [0.25, 0.3) is 0 Å². The van der Waals surface area contributed by atoms with E-state index in [4.69, 9.17) is 10.5 Å². The summed E-state index contributed by atoms with van der Waals surface area (Å²) in [5.74, 6) is -0.107. The number of H-pyrrole nitrogens is 1. The second-order valence-corrected chi connectivity index (χ2v) is 3.60. The van der Waals surface area contributed by atoms with E-state index >= 15 is 0 Å². The summed E-state index contributed by atoms with van der Waals surface area (Å²) in [6, 6.07) is 0. The van der Waals surface area contributed by atoms with Gasteiger partial charge in [-0.05, 0) is 6.42 Å². The molecule has 1 aromatic rings. The lowest BCUT2D eigenvalue weighted by Crippen LogP contribution is -2.30. The van der Waals surface area contributed by atoms with E-state index in [1.165, 1.54) is 6.20 Å². The van der Waals surface area contributed by atoms with Gasteiger partial charge in [-0.1, -0.05) is 0 Å². The van der Waals surface area contributed by atoms with Gasteiger partial charge in [0.25, 0.3) is 5.91 Å². The fraction of sp³-hybridized carbons (Fsp3) is 0.556. The van der Waals surface area contributed by atoms with Gasteiger partial charge < -0.3 is 15.4 Å². The van der Waals surface area contributed by atoms with Crippen molar-refractivity contribution in [2.24, 2.45) is 0 Å². The topological polar surface area (TPSA) is 84.2 Å². The monoisotopic (exact) mass is 210 g/mol. The Balaban J connectivity index is 2.07. The number of aromatic nitrogens is 2. The molecule has 1 saturated heterocycles. The van der Waals surface area contributed by atoms with Gasteiger partial charge in [0.05, 0.1) is 18.0 Å². The molecule has 82 valence electrons. The molecule has 1 atom stereocenters. The highest BCUT2D eigenvalue weighted by molar-refractivity contribution is 5.97. The minimum absolute atomic E-state index is 0.107. The van der Waals surface area contributed by atoms with Gasteiger partial charge in [-0.15, -0.1) is 0 Å². The first-order chi connectivity index (χ1) is 7.22. The smallest absolute Gasteiger partial charge is 0.274 e. The van der Waals surface area contributed by atoms with Crippen molar-refractivity contribution in [3.8, 4) is 0 Å². The number of ether oxygens (including phenoxy) is 1. The number of aromatic amines is 1. The molecule has 1 amide bonds. The minimum atomic E-state index is -0.107. The van der Waals surface area contributed by atoms with Crippen LogP contribution in [-0.2, 0) is 4.74 Å². The Labute approximate surface area is 87.4 Å². The molecule has 0 aliphatic carbocycles. The molecule has 2 rings (SSSR count). The SMILES string of the molecule is COC1CCN(C(=O)c2[nH]ncc2N)C1. The van der Waals surface area contributed by atoms with Crippen LogP contribution in [0.1, 0.15) is 16.9 Å². The van der Waals surface area contributed by atoms with Gasteiger partial charge in [-0.2, -0.15) is 5.10 Å². The number of nitrogen functional groups attached to an aromatic ring is 1. The summed E-state index contributed by atoms with van der Waals surface area (Å²) < 4.78 is 5.19. The van der Waals surface area contributed by atoms with Crippen LogP contribution >= 0.6 is 0 Å². The zero-order valence-electron chi connectivity index (χ0n) is 8.56. The lowest BCUT2D eigenvalue weighted by atomic mass is 10.3. The van der Waals surface area contributed by atoms with Gasteiger partial charge in [-0.25, -0.2) is 0 Å². The van der Waals surface area contributed by atoms with Crippen molar-refractivity contribution in [3.63, 3.8) is 0 Å². The highest BCUT2D eigenvalue weighted by Crippen LogP contribution is 2.16. The zero-order valence-corrected chi connectivity index (χ0v) is 8.56. The number of methoxy groups -OCH3 is 1. The molecule has 0 bridgehead atoms. The van der Waals surface area contributed by atoms with E-state index < -0.39 is 0 Å². The van der Waals surface area contributed by atoms with E-state index in [2.05, 4.69) is 10.2 Å². The van der Waals surface area contributed by atoms with E-state index in [0.717, 1.165) is 6.42 Å². The Morgan fingerprint density at radius 1 is 1.80 bits per heavy atom. The summed E-state index contributed by atoms with van der Waals surface area (Å²) in [6.45, 7) is 1.32. The summed E-state index contributed by atoms with van der Waals surface area (Å²) in [7, 11) is 1.66. The molecule has 1 aromatic heterocycles. The molecule has 1 fully saturated rings. The molecular formula is C9H14N4O2. The third kappa shape index (κ3) is 1.80. The minimum Gasteiger partial charge on any atom is -0.396 e. The summed E-state index contributed by atoms with van der Waals surface area (Å²) >= 11 is 0. The maximum atomic E-state index is 11.9. The molecule has 6 heteroatoms. The maximum Gasteiger partial charge on any atom is 0.274 e. The predicted molar refractivity (Wildman–Crippen MR) is 54.3 cm³/mol. The molecule has 1 aliphatic heterocycles. The summed E-state index contributed by atoms with van der Waals surface area (Å²) in [5.41, 5.74) is 6.36. The maximum absolute atomic E-state index is 11.9. The van der Waals surface area contributed by atoms with Gasteiger partial charge in [0.1, 0.15) is 5.69 Å². The van der Waals surface area contributed by atoms with Crippen LogP contribution in [0.15, 0.2) is 6.20 Å². The number of nitrogens with zero attached hydrogens (tertiary/aromatic N) is 2. The third-order valence-electron chi connectivity index (χ3n) is 2.65. The summed E-state index contributed by atoms with van der Waals surface area (Å²) in [6.07, 6.45) is 2.45. The Hall–Kier alpha value is -1.56. The molecule has 0 aromatic carbocycles. The molecule has 3 N–H and O–H groups in total. The molecular weight excluding hydrogens is 196 g/mol. The normalized spacial score (nSPS) is 20.9. The first kappa shape index (κ1) is 9.97. The molecule has 6 nitrogen and oxygen atoms in total. The molecule has 1 unspecified atom stereocenters. The van der Waals surface area contributed by atoms with Gasteiger partial charge in [-0.3, -0.25) is 9.89 Å². The van der Waals surface area contributed by atoms with Crippen molar-refractivity contribution >= 4 is 11.6 Å². The number of amides is 1. The van der Waals surface area contributed by atoms with Crippen molar-refractivity contribution in [1.82, 2.24) is 15.1 Å². The Morgan fingerprint density at radius 2 is 2.60 bits per heavy atom. The van der Waals surface area contributed by atoms with E-state index in [-0.39, 0.29) is 12.0 Å². The number of hydrogen-bond donors (Lipinski definition) is 2. The van der Waals surface area contributed by atoms with Gasteiger partial charge in [0, 0.05) is 20.2 Å². The van der Waals surface area contributed by atoms with Crippen LogP contribution in [0, 0.1) is 0 Å². The average Bonchev–Trinajstić information content (AvgIpc) is 2.84. The van der Waals surface area contributed by atoms with Crippen molar-refractivity contribution in [1.29, 1.82) is 0 Å². The molecule has 0 saturated carbocycles. The number of carbonyl (C=O) groups excluding carboxylic acids is 1. The van der Waals surface area contributed by atoms with E-state index in [9.17, 15) is 4.79 Å². The molecule has 1 aliphatic rings. The van der Waals surface area contributed by atoms with E-state index in [0.29, 0.717) is 24.5 Å².